The van der Waals surface area contributed by atoms with E-state index < -0.39 is 0 Å². The van der Waals surface area contributed by atoms with Gasteiger partial charge in [-0.3, -0.25) is 9.69 Å². The fraction of sp³-hybridized carbons (Fsp3) is 0.233. The molecule has 0 saturated carbocycles. The van der Waals surface area contributed by atoms with Crippen LogP contribution in [0.5, 0.6) is 0 Å². The van der Waals surface area contributed by atoms with Crippen LogP contribution in [0.25, 0.3) is 16.9 Å². The maximum Gasteiger partial charge on any atom is 0.256 e. The Morgan fingerprint density at radius 3 is 2.17 bits per heavy atom. The summed E-state index contributed by atoms with van der Waals surface area (Å²) in [5.74, 6) is -0.0277. The number of para-hydroxylation sites is 1. The van der Waals surface area contributed by atoms with Gasteiger partial charge in [-0.25, -0.2) is 0 Å². The molecular weight excluding hydrogens is 434 g/mol. The molecule has 0 radical (unpaired) electrons. The van der Waals surface area contributed by atoms with Gasteiger partial charge in [-0.2, -0.15) is 0 Å². The van der Waals surface area contributed by atoms with Gasteiger partial charge < -0.3 is 14.6 Å². The summed E-state index contributed by atoms with van der Waals surface area (Å²) >= 11 is 0. The fourth-order valence-electron chi connectivity index (χ4n) is 5.08. The summed E-state index contributed by atoms with van der Waals surface area (Å²) in [6, 6.07) is 32.3. The minimum absolute atomic E-state index is 0.0277. The Morgan fingerprint density at radius 2 is 1.51 bits per heavy atom. The van der Waals surface area contributed by atoms with E-state index in [9.17, 15) is 9.90 Å². The van der Waals surface area contributed by atoms with E-state index in [2.05, 4.69) is 33.7 Å². The first kappa shape index (κ1) is 23.1. The molecule has 1 aromatic heterocycles. The highest BCUT2D eigenvalue weighted by Crippen LogP contribution is 2.32. The molecule has 2 heterocycles. The summed E-state index contributed by atoms with van der Waals surface area (Å²) in [5, 5.41) is 10.2. The number of hydrogen-bond donors (Lipinski definition) is 1. The number of carbonyl (C=O) groups excluding carboxylic acids is 1. The lowest BCUT2D eigenvalue weighted by atomic mass is 10.0. The molecule has 0 unspecified atom stereocenters. The van der Waals surface area contributed by atoms with Gasteiger partial charge in [-0.15, -0.1) is 0 Å². The zero-order valence-corrected chi connectivity index (χ0v) is 20.0. The highest BCUT2D eigenvalue weighted by Gasteiger charge is 2.33. The Bertz CT molecular complexity index is 1270. The number of piperazine rings is 1. The van der Waals surface area contributed by atoms with Gasteiger partial charge in [-0.05, 0) is 36.2 Å². The van der Waals surface area contributed by atoms with Crippen molar-refractivity contribution >= 4 is 5.91 Å². The monoisotopic (exact) mass is 465 g/mol. The molecule has 1 amide bonds. The molecule has 3 aromatic carbocycles. The van der Waals surface area contributed by atoms with Crippen molar-refractivity contribution < 1.29 is 9.90 Å². The molecule has 178 valence electrons. The smallest absolute Gasteiger partial charge is 0.256 e. The standard InChI is InChI=1S/C30H31N3O2/c1-23-19-28(29(25-13-7-3-8-14-25)33(23)26-15-9-4-10-16-26)30(35)32-18-17-31(21-27(32)22-34)20-24-11-5-2-6-12-24/h2-16,19,27,34H,17-18,20-22H2,1H3/t27-/m0/s1. The predicted molar refractivity (Wildman–Crippen MR) is 140 cm³/mol. The summed E-state index contributed by atoms with van der Waals surface area (Å²) in [6.45, 7) is 4.80. The van der Waals surface area contributed by atoms with Crippen LogP contribution in [0.15, 0.2) is 97.1 Å². The largest absolute Gasteiger partial charge is 0.394 e. The van der Waals surface area contributed by atoms with E-state index in [1.807, 2.05) is 84.6 Å². The van der Waals surface area contributed by atoms with Gasteiger partial charge in [0.1, 0.15) is 0 Å². The van der Waals surface area contributed by atoms with Gasteiger partial charge in [-0.1, -0.05) is 78.9 Å². The van der Waals surface area contributed by atoms with Crippen LogP contribution >= 0.6 is 0 Å². The third-order valence-electron chi connectivity index (χ3n) is 6.76. The number of carbonyl (C=O) groups is 1. The number of hydrogen-bond acceptors (Lipinski definition) is 3. The summed E-state index contributed by atoms with van der Waals surface area (Å²) in [6.07, 6.45) is 0. The number of aliphatic hydroxyl groups excluding tert-OH is 1. The summed E-state index contributed by atoms with van der Waals surface area (Å²) in [4.78, 5) is 18.2. The van der Waals surface area contributed by atoms with Gasteiger partial charge in [0.15, 0.2) is 0 Å². The third kappa shape index (κ3) is 4.78. The van der Waals surface area contributed by atoms with Crippen LogP contribution in [-0.4, -0.2) is 57.7 Å². The first-order valence-electron chi connectivity index (χ1n) is 12.2. The van der Waals surface area contributed by atoms with E-state index in [-0.39, 0.29) is 18.6 Å². The van der Waals surface area contributed by atoms with Gasteiger partial charge in [0, 0.05) is 37.6 Å². The van der Waals surface area contributed by atoms with Crippen molar-refractivity contribution in [1.82, 2.24) is 14.4 Å². The molecule has 1 aliphatic heterocycles. The van der Waals surface area contributed by atoms with Crippen molar-refractivity contribution in [1.29, 1.82) is 0 Å². The topological polar surface area (TPSA) is 48.7 Å². The van der Waals surface area contributed by atoms with Gasteiger partial charge in [0.05, 0.1) is 23.9 Å². The van der Waals surface area contributed by atoms with Crippen LogP contribution in [0.1, 0.15) is 21.6 Å². The predicted octanol–water partition coefficient (Wildman–Crippen LogP) is 4.77. The first-order chi connectivity index (χ1) is 17.2. The number of aromatic nitrogens is 1. The maximum absolute atomic E-state index is 14.0. The maximum atomic E-state index is 14.0. The quantitative estimate of drug-likeness (QED) is 0.446. The second-order valence-electron chi connectivity index (χ2n) is 9.14. The summed E-state index contributed by atoms with van der Waals surface area (Å²) in [7, 11) is 0. The van der Waals surface area contributed by atoms with Crippen molar-refractivity contribution in [3.63, 3.8) is 0 Å². The molecule has 1 N–H and O–H groups in total. The molecule has 1 atom stereocenters. The first-order valence-corrected chi connectivity index (χ1v) is 12.2. The average molecular weight is 466 g/mol. The van der Waals surface area contributed by atoms with E-state index in [0.717, 1.165) is 35.7 Å². The molecule has 0 bridgehead atoms. The van der Waals surface area contributed by atoms with Crippen LogP contribution in [0.3, 0.4) is 0 Å². The zero-order valence-electron chi connectivity index (χ0n) is 20.0. The number of benzene rings is 3. The molecule has 5 nitrogen and oxygen atoms in total. The molecule has 1 aliphatic rings. The Hall–Kier alpha value is -3.67. The molecule has 1 saturated heterocycles. The number of amides is 1. The fourth-order valence-corrected chi connectivity index (χ4v) is 5.08. The van der Waals surface area contributed by atoms with Crippen molar-refractivity contribution in [3.05, 3.63) is 114 Å². The van der Waals surface area contributed by atoms with Gasteiger partial charge >= 0.3 is 0 Å². The number of rotatable bonds is 6. The van der Waals surface area contributed by atoms with Gasteiger partial charge in [0.25, 0.3) is 5.91 Å². The third-order valence-corrected chi connectivity index (χ3v) is 6.76. The lowest BCUT2D eigenvalue weighted by Crippen LogP contribution is -2.56. The highest BCUT2D eigenvalue weighted by molar-refractivity contribution is 6.01. The van der Waals surface area contributed by atoms with Crippen molar-refractivity contribution in [2.45, 2.75) is 19.5 Å². The Balaban J connectivity index is 1.47. The van der Waals surface area contributed by atoms with E-state index >= 15 is 0 Å². The molecule has 5 heteroatoms. The van der Waals surface area contributed by atoms with Crippen LogP contribution in [0.2, 0.25) is 0 Å². The van der Waals surface area contributed by atoms with Crippen molar-refractivity contribution in [3.8, 4) is 16.9 Å². The molecular formula is C30H31N3O2. The molecule has 0 aliphatic carbocycles. The van der Waals surface area contributed by atoms with E-state index in [1.165, 1.54) is 5.56 Å². The zero-order chi connectivity index (χ0) is 24.2. The minimum Gasteiger partial charge on any atom is -0.394 e. The summed E-state index contributed by atoms with van der Waals surface area (Å²) < 4.78 is 2.15. The average Bonchev–Trinajstić information content (AvgIpc) is 3.26. The number of aliphatic hydroxyl groups is 1. The molecule has 1 fully saturated rings. The van der Waals surface area contributed by atoms with Crippen molar-refractivity contribution in [2.24, 2.45) is 0 Å². The molecule has 5 rings (SSSR count). The van der Waals surface area contributed by atoms with Crippen LogP contribution in [0, 0.1) is 6.92 Å². The Kier molecular flexibility index (Phi) is 6.80. The molecule has 35 heavy (non-hydrogen) atoms. The number of aryl methyl sites for hydroxylation is 1. The Labute approximate surface area is 206 Å². The van der Waals surface area contributed by atoms with E-state index in [0.29, 0.717) is 18.7 Å². The molecule has 0 spiro atoms. The van der Waals surface area contributed by atoms with Crippen LogP contribution < -0.4 is 0 Å². The lowest BCUT2D eigenvalue weighted by Gasteiger charge is -2.40. The van der Waals surface area contributed by atoms with Crippen LogP contribution in [-0.2, 0) is 6.54 Å². The van der Waals surface area contributed by atoms with Gasteiger partial charge in [0.2, 0.25) is 0 Å². The highest BCUT2D eigenvalue weighted by atomic mass is 16.3. The lowest BCUT2D eigenvalue weighted by molar-refractivity contribution is 0.0283. The Morgan fingerprint density at radius 1 is 0.886 bits per heavy atom. The van der Waals surface area contributed by atoms with E-state index in [4.69, 9.17) is 0 Å². The normalized spacial score (nSPS) is 16.4. The minimum atomic E-state index is -0.246. The summed E-state index contributed by atoms with van der Waals surface area (Å²) in [5.41, 5.74) is 5.83. The second kappa shape index (κ2) is 10.3. The number of nitrogens with zero attached hydrogens (tertiary/aromatic N) is 3. The second-order valence-corrected chi connectivity index (χ2v) is 9.14. The van der Waals surface area contributed by atoms with Crippen LogP contribution in [0.4, 0.5) is 0 Å². The van der Waals surface area contributed by atoms with E-state index in [1.54, 1.807) is 0 Å². The van der Waals surface area contributed by atoms with Crippen molar-refractivity contribution in [2.75, 3.05) is 26.2 Å². The molecule has 4 aromatic rings. The SMILES string of the molecule is Cc1cc(C(=O)N2CCN(Cc3ccccc3)C[C@H]2CO)c(-c2ccccc2)n1-c1ccccc1.